The quantitative estimate of drug-likeness (QED) is 0.777. The van der Waals surface area contributed by atoms with Gasteiger partial charge in [0.05, 0.1) is 17.5 Å². The zero-order valence-electron chi connectivity index (χ0n) is 14.6. The first-order valence-corrected chi connectivity index (χ1v) is 9.91. The number of aliphatic imine (C=N–C) groups is 1. The van der Waals surface area contributed by atoms with Gasteiger partial charge in [-0.05, 0) is 49.3 Å². The van der Waals surface area contributed by atoms with Gasteiger partial charge < -0.3 is 0 Å². The van der Waals surface area contributed by atoms with E-state index in [4.69, 9.17) is 0 Å². The Bertz CT molecular complexity index is 928. The lowest BCUT2D eigenvalue weighted by atomic mass is 9.88. The van der Waals surface area contributed by atoms with Crippen LogP contribution in [0.5, 0.6) is 0 Å². The molecule has 3 rings (SSSR count). The van der Waals surface area contributed by atoms with Crippen molar-refractivity contribution >= 4 is 21.8 Å². The van der Waals surface area contributed by atoms with E-state index in [0.29, 0.717) is 17.7 Å². The van der Waals surface area contributed by atoms with Crippen LogP contribution in [-0.4, -0.2) is 36.8 Å². The molecule has 0 amide bonds. The van der Waals surface area contributed by atoms with Gasteiger partial charge in [0.2, 0.25) is 10.0 Å². The third-order valence-corrected chi connectivity index (χ3v) is 5.94. The zero-order valence-corrected chi connectivity index (χ0v) is 15.4. The Balaban J connectivity index is 2.10. The highest BCUT2D eigenvalue weighted by molar-refractivity contribution is 7.88. The SMILES string of the molecule is CC1=CC(C)=N[C@]12CCN(S(C)(=O)=O)/C2=C/c1ccc(C(F)(F)F)cc1. The van der Waals surface area contributed by atoms with Crippen LogP contribution in [0.2, 0.25) is 0 Å². The molecular weight excluding hydrogens is 365 g/mol. The molecule has 1 aromatic carbocycles. The van der Waals surface area contributed by atoms with Gasteiger partial charge >= 0.3 is 6.18 Å². The molecule has 0 N–H and O–H groups in total. The molecule has 26 heavy (non-hydrogen) atoms. The van der Waals surface area contributed by atoms with Crippen molar-refractivity contribution in [2.24, 2.45) is 4.99 Å². The second-order valence-electron chi connectivity index (χ2n) is 6.68. The van der Waals surface area contributed by atoms with Crippen LogP contribution < -0.4 is 0 Å². The maximum absolute atomic E-state index is 12.7. The maximum atomic E-state index is 12.7. The Hall–Kier alpha value is -2.09. The fraction of sp³-hybridized carbons (Fsp3) is 0.389. The molecule has 2 aliphatic rings. The number of hydrogen-bond donors (Lipinski definition) is 0. The molecule has 4 nitrogen and oxygen atoms in total. The van der Waals surface area contributed by atoms with Crippen LogP contribution in [0.3, 0.4) is 0 Å². The molecule has 1 aromatic rings. The third-order valence-electron chi connectivity index (χ3n) is 4.76. The van der Waals surface area contributed by atoms with Gasteiger partial charge in [0.25, 0.3) is 0 Å². The first-order valence-electron chi connectivity index (χ1n) is 8.06. The van der Waals surface area contributed by atoms with Crippen LogP contribution in [0.1, 0.15) is 31.4 Å². The van der Waals surface area contributed by atoms with Gasteiger partial charge in [0.15, 0.2) is 0 Å². The van der Waals surface area contributed by atoms with Gasteiger partial charge in [0.1, 0.15) is 5.54 Å². The Kier molecular flexibility index (Phi) is 4.29. The number of allylic oxidation sites excluding steroid dienone is 1. The molecule has 140 valence electrons. The summed E-state index contributed by atoms with van der Waals surface area (Å²) < 4.78 is 64.0. The minimum Gasteiger partial charge on any atom is -0.273 e. The van der Waals surface area contributed by atoms with E-state index in [0.717, 1.165) is 29.7 Å². The lowest BCUT2D eigenvalue weighted by Gasteiger charge is -2.27. The average Bonchev–Trinajstić information content (AvgIpc) is 3.00. The van der Waals surface area contributed by atoms with Crippen molar-refractivity contribution < 1.29 is 21.6 Å². The monoisotopic (exact) mass is 384 g/mol. The Morgan fingerprint density at radius 2 is 1.81 bits per heavy atom. The molecule has 0 aliphatic carbocycles. The summed E-state index contributed by atoms with van der Waals surface area (Å²) in [5.74, 6) is 0. The number of benzene rings is 1. The molecular formula is C18H19F3N2O2S. The number of halogens is 3. The van der Waals surface area contributed by atoms with E-state index < -0.39 is 27.3 Å². The highest BCUT2D eigenvalue weighted by Gasteiger charge is 2.48. The molecule has 1 atom stereocenters. The van der Waals surface area contributed by atoms with Crippen LogP contribution in [0.25, 0.3) is 6.08 Å². The Morgan fingerprint density at radius 3 is 2.27 bits per heavy atom. The van der Waals surface area contributed by atoms with Gasteiger partial charge in [-0.15, -0.1) is 0 Å². The smallest absolute Gasteiger partial charge is 0.273 e. The van der Waals surface area contributed by atoms with Crippen LogP contribution in [0.15, 0.2) is 46.6 Å². The van der Waals surface area contributed by atoms with Gasteiger partial charge in [-0.25, -0.2) is 8.42 Å². The van der Waals surface area contributed by atoms with Crippen molar-refractivity contribution in [3.63, 3.8) is 0 Å². The van der Waals surface area contributed by atoms with Crippen molar-refractivity contribution in [2.75, 3.05) is 12.8 Å². The molecule has 1 fully saturated rings. The van der Waals surface area contributed by atoms with Gasteiger partial charge in [0, 0.05) is 18.7 Å². The van der Waals surface area contributed by atoms with Gasteiger partial charge in [-0.3, -0.25) is 9.30 Å². The summed E-state index contributed by atoms with van der Waals surface area (Å²) in [4.78, 5) is 4.67. The summed E-state index contributed by atoms with van der Waals surface area (Å²) >= 11 is 0. The number of sulfonamides is 1. The van der Waals surface area contributed by atoms with Crippen molar-refractivity contribution in [3.05, 3.63) is 52.7 Å². The summed E-state index contributed by atoms with van der Waals surface area (Å²) in [5, 5.41) is 0. The summed E-state index contributed by atoms with van der Waals surface area (Å²) in [5.41, 5.74) is 1.19. The Labute approximate surface area is 150 Å². The molecule has 0 bridgehead atoms. The lowest BCUT2D eigenvalue weighted by Crippen LogP contribution is -2.32. The summed E-state index contributed by atoms with van der Waals surface area (Å²) in [6.45, 7) is 4.02. The van der Waals surface area contributed by atoms with Crippen molar-refractivity contribution in [1.29, 1.82) is 0 Å². The molecule has 0 saturated carbocycles. The van der Waals surface area contributed by atoms with E-state index in [1.807, 2.05) is 19.9 Å². The van der Waals surface area contributed by atoms with E-state index in [9.17, 15) is 21.6 Å². The van der Waals surface area contributed by atoms with E-state index in [-0.39, 0.29) is 6.54 Å². The lowest BCUT2D eigenvalue weighted by molar-refractivity contribution is -0.137. The van der Waals surface area contributed by atoms with Crippen molar-refractivity contribution in [1.82, 2.24) is 4.31 Å². The van der Waals surface area contributed by atoms with Crippen LogP contribution in [0, 0.1) is 0 Å². The predicted molar refractivity (Wildman–Crippen MR) is 95.2 cm³/mol. The Morgan fingerprint density at radius 1 is 1.19 bits per heavy atom. The summed E-state index contributed by atoms with van der Waals surface area (Å²) in [7, 11) is -3.52. The number of nitrogens with zero attached hydrogens (tertiary/aromatic N) is 2. The molecule has 2 aliphatic heterocycles. The third kappa shape index (κ3) is 3.18. The van der Waals surface area contributed by atoms with Crippen molar-refractivity contribution in [2.45, 2.75) is 32.0 Å². The fourth-order valence-corrected chi connectivity index (χ4v) is 4.53. The van der Waals surface area contributed by atoms with Gasteiger partial charge in [-0.2, -0.15) is 13.2 Å². The molecule has 0 unspecified atom stereocenters. The summed E-state index contributed by atoms with van der Waals surface area (Å²) in [6.07, 6.45) is 0.745. The molecule has 2 heterocycles. The standard InChI is InChI=1S/C18H19F3N2O2S/c1-12-10-13(2)22-17(12)8-9-23(26(3,24)25)16(17)11-14-4-6-15(7-5-14)18(19,20)21/h4-7,10-11H,8-9H2,1-3H3/b16-11+/t17-/m1/s1. The second kappa shape index (κ2) is 5.97. The maximum Gasteiger partial charge on any atom is 0.416 e. The van der Waals surface area contributed by atoms with E-state index >= 15 is 0 Å². The van der Waals surface area contributed by atoms with Crippen molar-refractivity contribution in [3.8, 4) is 0 Å². The minimum absolute atomic E-state index is 0.285. The van der Waals surface area contributed by atoms with E-state index in [1.54, 1.807) is 6.08 Å². The highest BCUT2D eigenvalue weighted by Crippen LogP contribution is 2.46. The average molecular weight is 384 g/mol. The molecule has 1 spiro atoms. The zero-order chi connectivity index (χ0) is 19.3. The van der Waals surface area contributed by atoms with Crippen LogP contribution in [-0.2, 0) is 16.2 Å². The normalized spacial score (nSPS) is 25.2. The first kappa shape index (κ1) is 18.7. The first-order chi connectivity index (χ1) is 11.9. The summed E-state index contributed by atoms with van der Waals surface area (Å²) in [6, 6.07) is 4.66. The number of rotatable bonds is 2. The minimum atomic E-state index is -4.41. The topological polar surface area (TPSA) is 49.7 Å². The van der Waals surface area contributed by atoms with Crippen LogP contribution in [0.4, 0.5) is 13.2 Å². The fourth-order valence-electron chi connectivity index (χ4n) is 3.55. The van der Waals surface area contributed by atoms with Crippen LogP contribution >= 0.6 is 0 Å². The predicted octanol–water partition coefficient (Wildman–Crippen LogP) is 3.87. The van der Waals surface area contributed by atoms with E-state index in [1.165, 1.54) is 16.4 Å². The highest BCUT2D eigenvalue weighted by atomic mass is 32.2. The molecule has 8 heteroatoms. The number of alkyl halides is 3. The van der Waals surface area contributed by atoms with Gasteiger partial charge in [-0.1, -0.05) is 12.1 Å². The molecule has 0 aromatic heterocycles. The molecule has 1 saturated heterocycles. The largest absolute Gasteiger partial charge is 0.416 e. The number of hydrogen-bond acceptors (Lipinski definition) is 3. The second-order valence-corrected chi connectivity index (χ2v) is 8.58. The molecule has 0 radical (unpaired) electrons. The van der Waals surface area contributed by atoms with E-state index in [2.05, 4.69) is 4.99 Å².